The Morgan fingerprint density at radius 3 is 2.86 bits per heavy atom. The number of rotatable bonds is 2. The van der Waals surface area contributed by atoms with Gasteiger partial charge in [0, 0.05) is 25.7 Å². The number of aryl methyl sites for hydroxylation is 1. The van der Waals surface area contributed by atoms with Crippen LogP contribution in [0.15, 0.2) is 18.2 Å². The zero-order valence-electron chi connectivity index (χ0n) is 8.66. The molecule has 0 radical (unpaired) electrons. The molecule has 0 aromatic heterocycles. The van der Waals surface area contributed by atoms with E-state index in [1.54, 1.807) is 0 Å². The quantitative estimate of drug-likeness (QED) is 0.663. The lowest BCUT2D eigenvalue weighted by Crippen LogP contribution is -2.08. The lowest BCUT2D eigenvalue weighted by Gasteiger charge is -2.14. The molecule has 1 unspecified atom stereocenters. The van der Waals surface area contributed by atoms with Crippen LogP contribution in [0.2, 0.25) is 0 Å². The minimum Gasteiger partial charge on any atom is -0.378 e. The lowest BCUT2D eigenvalue weighted by atomic mass is 10.0. The number of nitrogens with zero attached hydrogens (tertiary/aromatic N) is 1. The van der Waals surface area contributed by atoms with E-state index in [9.17, 15) is 4.79 Å². The molecule has 0 saturated carbocycles. The number of benzene rings is 1. The molecule has 1 aliphatic rings. The van der Waals surface area contributed by atoms with Crippen molar-refractivity contribution < 1.29 is 4.79 Å². The fourth-order valence-electron chi connectivity index (χ4n) is 2.06. The molecule has 1 aliphatic carbocycles. The molecule has 2 rings (SSSR count). The molecule has 0 spiro atoms. The minimum absolute atomic E-state index is 0.140. The van der Waals surface area contributed by atoms with Crippen molar-refractivity contribution in [2.45, 2.75) is 18.8 Å². The first-order valence-corrected chi connectivity index (χ1v) is 4.98. The summed E-state index contributed by atoms with van der Waals surface area (Å²) in [6.45, 7) is 0. The average Bonchev–Trinajstić information content (AvgIpc) is 2.59. The molecule has 2 nitrogen and oxygen atoms in total. The minimum atomic E-state index is 0.140. The summed E-state index contributed by atoms with van der Waals surface area (Å²) < 4.78 is 0. The van der Waals surface area contributed by atoms with E-state index in [1.807, 2.05) is 14.1 Å². The monoisotopic (exact) mass is 189 g/mol. The van der Waals surface area contributed by atoms with E-state index < -0.39 is 0 Å². The van der Waals surface area contributed by atoms with Crippen LogP contribution in [0.1, 0.15) is 23.5 Å². The second kappa shape index (κ2) is 3.45. The van der Waals surface area contributed by atoms with Gasteiger partial charge >= 0.3 is 0 Å². The van der Waals surface area contributed by atoms with Gasteiger partial charge in [-0.25, -0.2) is 0 Å². The van der Waals surface area contributed by atoms with Crippen LogP contribution in [0, 0.1) is 0 Å². The predicted octanol–water partition coefficient (Wildman–Crippen LogP) is 1.98. The van der Waals surface area contributed by atoms with Crippen LogP contribution in [-0.2, 0) is 11.2 Å². The fraction of sp³-hybridized carbons (Fsp3) is 0.417. The molecule has 1 aromatic rings. The first kappa shape index (κ1) is 9.25. The second-order valence-corrected chi connectivity index (χ2v) is 4.06. The van der Waals surface area contributed by atoms with Crippen LogP contribution in [-0.4, -0.2) is 20.4 Å². The topological polar surface area (TPSA) is 20.3 Å². The Labute approximate surface area is 84.5 Å². The Balaban J connectivity index is 2.38. The number of aldehydes is 1. The van der Waals surface area contributed by atoms with Crippen molar-refractivity contribution in [2.24, 2.45) is 0 Å². The van der Waals surface area contributed by atoms with Gasteiger partial charge in [-0.15, -0.1) is 0 Å². The highest BCUT2D eigenvalue weighted by Crippen LogP contribution is 2.33. The van der Waals surface area contributed by atoms with E-state index in [2.05, 4.69) is 23.1 Å². The summed E-state index contributed by atoms with van der Waals surface area (Å²) >= 11 is 0. The SMILES string of the molecule is CN(C)c1ccc2c(c1)CCC2C=O. The van der Waals surface area contributed by atoms with E-state index in [-0.39, 0.29) is 5.92 Å². The van der Waals surface area contributed by atoms with E-state index >= 15 is 0 Å². The van der Waals surface area contributed by atoms with Gasteiger partial charge in [0.1, 0.15) is 6.29 Å². The fourth-order valence-corrected chi connectivity index (χ4v) is 2.06. The molecule has 0 amide bonds. The third-order valence-electron chi connectivity index (χ3n) is 2.93. The van der Waals surface area contributed by atoms with E-state index in [0.29, 0.717) is 0 Å². The van der Waals surface area contributed by atoms with Gasteiger partial charge in [-0.3, -0.25) is 0 Å². The Hall–Kier alpha value is -1.31. The van der Waals surface area contributed by atoms with Crippen LogP contribution in [0.5, 0.6) is 0 Å². The van der Waals surface area contributed by atoms with Gasteiger partial charge in [-0.2, -0.15) is 0 Å². The molecule has 0 fully saturated rings. The third kappa shape index (κ3) is 1.41. The highest BCUT2D eigenvalue weighted by molar-refractivity contribution is 5.67. The summed E-state index contributed by atoms with van der Waals surface area (Å²) in [5, 5.41) is 0. The van der Waals surface area contributed by atoms with Crippen LogP contribution >= 0.6 is 0 Å². The Bertz CT molecular complexity index is 357. The normalized spacial score (nSPS) is 19.1. The maximum atomic E-state index is 10.8. The molecule has 1 atom stereocenters. The van der Waals surface area contributed by atoms with Gasteiger partial charge in [0.25, 0.3) is 0 Å². The highest BCUT2D eigenvalue weighted by Gasteiger charge is 2.21. The van der Waals surface area contributed by atoms with E-state index in [0.717, 1.165) is 19.1 Å². The maximum absolute atomic E-state index is 10.8. The van der Waals surface area contributed by atoms with Gasteiger partial charge in [-0.1, -0.05) is 6.07 Å². The first-order chi connectivity index (χ1) is 6.72. The Morgan fingerprint density at radius 2 is 2.21 bits per heavy atom. The molecule has 74 valence electrons. The molecule has 0 heterocycles. The second-order valence-electron chi connectivity index (χ2n) is 4.06. The first-order valence-electron chi connectivity index (χ1n) is 4.98. The Morgan fingerprint density at radius 1 is 1.43 bits per heavy atom. The van der Waals surface area contributed by atoms with Crippen molar-refractivity contribution in [3.8, 4) is 0 Å². The number of hydrogen-bond donors (Lipinski definition) is 0. The Kier molecular flexibility index (Phi) is 2.28. The van der Waals surface area contributed by atoms with Crippen molar-refractivity contribution in [1.82, 2.24) is 0 Å². The van der Waals surface area contributed by atoms with Crippen LogP contribution in [0.4, 0.5) is 5.69 Å². The van der Waals surface area contributed by atoms with Crippen molar-refractivity contribution in [3.05, 3.63) is 29.3 Å². The lowest BCUT2D eigenvalue weighted by molar-refractivity contribution is -0.109. The van der Waals surface area contributed by atoms with Crippen molar-refractivity contribution in [1.29, 1.82) is 0 Å². The highest BCUT2D eigenvalue weighted by atomic mass is 16.1. The summed E-state index contributed by atoms with van der Waals surface area (Å²) in [6.07, 6.45) is 3.09. The summed E-state index contributed by atoms with van der Waals surface area (Å²) in [4.78, 5) is 12.9. The number of anilines is 1. The summed E-state index contributed by atoms with van der Waals surface area (Å²) in [5.74, 6) is 0.140. The largest absolute Gasteiger partial charge is 0.378 e. The molecule has 2 heteroatoms. The standard InChI is InChI=1S/C12H15NO/c1-13(2)11-5-6-12-9(7-11)3-4-10(12)8-14/h5-8,10H,3-4H2,1-2H3. The summed E-state index contributed by atoms with van der Waals surface area (Å²) in [5.41, 5.74) is 3.79. The van der Waals surface area contributed by atoms with E-state index in [4.69, 9.17) is 0 Å². The van der Waals surface area contributed by atoms with Gasteiger partial charge in [-0.05, 0) is 36.1 Å². The molecule has 0 saturated heterocycles. The molecular weight excluding hydrogens is 174 g/mol. The van der Waals surface area contributed by atoms with Gasteiger partial charge in [0.15, 0.2) is 0 Å². The molecular formula is C12H15NO. The molecule has 0 bridgehead atoms. The predicted molar refractivity (Wildman–Crippen MR) is 57.9 cm³/mol. The van der Waals surface area contributed by atoms with Crippen molar-refractivity contribution in [3.63, 3.8) is 0 Å². The molecule has 0 N–H and O–H groups in total. The molecule has 14 heavy (non-hydrogen) atoms. The number of fused-ring (bicyclic) bond motifs is 1. The summed E-state index contributed by atoms with van der Waals surface area (Å²) in [6, 6.07) is 6.37. The van der Waals surface area contributed by atoms with Crippen molar-refractivity contribution >= 4 is 12.0 Å². The van der Waals surface area contributed by atoms with Crippen LogP contribution < -0.4 is 4.90 Å². The van der Waals surface area contributed by atoms with Gasteiger partial charge in [0.2, 0.25) is 0 Å². The zero-order chi connectivity index (χ0) is 10.1. The third-order valence-corrected chi connectivity index (χ3v) is 2.93. The van der Waals surface area contributed by atoms with Gasteiger partial charge < -0.3 is 9.69 Å². The van der Waals surface area contributed by atoms with Gasteiger partial charge in [0.05, 0.1) is 0 Å². The van der Waals surface area contributed by atoms with Crippen LogP contribution in [0.25, 0.3) is 0 Å². The number of carbonyl (C=O) groups is 1. The van der Waals surface area contributed by atoms with Crippen LogP contribution in [0.3, 0.4) is 0 Å². The molecule has 1 aromatic carbocycles. The average molecular weight is 189 g/mol. The smallest absolute Gasteiger partial charge is 0.127 e. The number of hydrogen-bond acceptors (Lipinski definition) is 2. The molecule has 0 aliphatic heterocycles. The number of carbonyl (C=O) groups excluding carboxylic acids is 1. The van der Waals surface area contributed by atoms with E-state index in [1.165, 1.54) is 16.8 Å². The van der Waals surface area contributed by atoms with Crippen molar-refractivity contribution in [2.75, 3.05) is 19.0 Å². The maximum Gasteiger partial charge on any atom is 0.127 e. The summed E-state index contributed by atoms with van der Waals surface area (Å²) in [7, 11) is 4.07. The zero-order valence-corrected chi connectivity index (χ0v) is 8.66.